The molecule has 0 amide bonds. The predicted octanol–water partition coefficient (Wildman–Crippen LogP) is 2.82. The summed E-state index contributed by atoms with van der Waals surface area (Å²) >= 11 is 0. The molecule has 0 unspecified atom stereocenters. The summed E-state index contributed by atoms with van der Waals surface area (Å²) in [5.41, 5.74) is 1.55. The molecule has 0 aromatic carbocycles. The maximum Gasteiger partial charge on any atom is 0.153 e. The normalized spacial score (nSPS) is 23.7. The lowest BCUT2D eigenvalue weighted by Gasteiger charge is -2.17. The number of hydrogen-bond donors (Lipinski definition) is 1. The van der Waals surface area contributed by atoms with Crippen LogP contribution >= 0.6 is 0 Å². The van der Waals surface area contributed by atoms with Crippen LogP contribution in [0.4, 0.5) is 5.69 Å². The van der Waals surface area contributed by atoms with E-state index in [9.17, 15) is 0 Å². The van der Waals surface area contributed by atoms with Crippen LogP contribution in [0.25, 0.3) is 0 Å². The highest BCUT2D eigenvalue weighted by atomic mass is 15.2. The Morgan fingerprint density at radius 2 is 2.12 bits per heavy atom. The third-order valence-electron chi connectivity index (χ3n) is 5.21. The van der Waals surface area contributed by atoms with Crippen molar-refractivity contribution in [1.82, 2.24) is 20.2 Å². The summed E-state index contributed by atoms with van der Waals surface area (Å²) in [7, 11) is 0. The fourth-order valence-corrected chi connectivity index (χ4v) is 3.68. The van der Waals surface area contributed by atoms with Crippen molar-refractivity contribution in [2.75, 3.05) is 18.0 Å². The molecule has 2 aromatic rings. The lowest BCUT2D eigenvalue weighted by Crippen LogP contribution is -2.20. The van der Waals surface area contributed by atoms with Crippen molar-refractivity contribution in [3.05, 3.63) is 35.7 Å². The SMILES string of the molecule is CC(C)c1n[nH]c([C@H]2CN(c3ccc(C#N)nc3)C[C@@H]2C2CC2)n1. The first-order valence-electron chi connectivity index (χ1n) is 8.69. The third-order valence-corrected chi connectivity index (χ3v) is 5.21. The molecule has 124 valence electrons. The molecule has 0 bridgehead atoms. The molecular weight excluding hydrogens is 300 g/mol. The van der Waals surface area contributed by atoms with Crippen LogP contribution in [-0.2, 0) is 0 Å². The van der Waals surface area contributed by atoms with Gasteiger partial charge in [0.25, 0.3) is 0 Å². The number of nitrogens with one attached hydrogen (secondary N) is 1. The van der Waals surface area contributed by atoms with Crippen LogP contribution in [0.15, 0.2) is 18.3 Å². The summed E-state index contributed by atoms with van der Waals surface area (Å²) in [4.78, 5) is 11.3. The highest BCUT2D eigenvalue weighted by Crippen LogP contribution is 2.47. The Hall–Kier alpha value is -2.42. The third kappa shape index (κ3) is 2.75. The number of hydrogen-bond acceptors (Lipinski definition) is 5. The van der Waals surface area contributed by atoms with E-state index in [2.05, 4.69) is 40.0 Å². The molecule has 3 heterocycles. The van der Waals surface area contributed by atoms with E-state index in [1.165, 1.54) is 12.8 Å². The van der Waals surface area contributed by atoms with Gasteiger partial charge in [0.15, 0.2) is 5.82 Å². The molecule has 2 fully saturated rings. The van der Waals surface area contributed by atoms with Gasteiger partial charge in [-0.2, -0.15) is 10.4 Å². The highest BCUT2D eigenvalue weighted by Gasteiger charge is 2.44. The monoisotopic (exact) mass is 322 g/mol. The van der Waals surface area contributed by atoms with E-state index in [1.807, 2.05) is 12.3 Å². The molecule has 2 atom stereocenters. The quantitative estimate of drug-likeness (QED) is 0.936. The van der Waals surface area contributed by atoms with E-state index >= 15 is 0 Å². The van der Waals surface area contributed by atoms with Crippen molar-refractivity contribution in [3.63, 3.8) is 0 Å². The number of anilines is 1. The van der Waals surface area contributed by atoms with Crippen LogP contribution in [0.5, 0.6) is 0 Å². The Balaban J connectivity index is 1.58. The molecular formula is C18H22N6. The molecule has 6 heteroatoms. The summed E-state index contributed by atoms with van der Waals surface area (Å²) in [5, 5.41) is 16.5. The fourth-order valence-electron chi connectivity index (χ4n) is 3.68. The van der Waals surface area contributed by atoms with Gasteiger partial charge in [0.2, 0.25) is 0 Å². The first-order valence-corrected chi connectivity index (χ1v) is 8.69. The molecule has 1 aliphatic heterocycles. The molecule has 0 spiro atoms. The van der Waals surface area contributed by atoms with Gasteiger partial charge in [0, 0.05) is 24.9 Å². The van der Waals surface area contributed by atoms with Gasteiger partial charge in [-0.3, -0.25) is 5.10 Å². The maximum absolute atomic E-state index is 8.91. The van der Waals surface area contributed by atoms with Crippen LogP contribution in [0.2, 0.25) is 0 Å². The zero-order chi connectivity index (χ0) is 16.7. The topological polar surface area (TPSA) is 81.5 Å². The van der Waals surface area contributed by atoms with Gasteiger partial charge in [-0.25, -0.2) is 9.97 Å². The first-order chi connectivity index (χ1) is 11.7. The van der Waals surface area contributed by atoms with Crippen LogP contribution in [0, 0.1) is 23.2 Å². The number of aromatic nitrogens is 4. The average molecular weight is 322 g/mol. The number of nitrogens with zero attached hydrogens (tertiary/aromatic N) is 5. The molecule has 1 saturated carbocycles. The molecule has 24 heavy (non-hydrogen) atoms. The summed E-state index contributed by atoms with van der Waals surface area (Å²) in [6.45, 7) is 6.20. The van der Waals surface area contributed by atoms with Gasteiger partial charge >= 0.3 is 0 Å². The van der Waals surface area contributed by atoms with Crippen LogP contribution in [-0.4, -0.2) is 33.3 Å². The minimum Gasteiger partial charge on any atom is -0.369 e. The second-order valence-corrected chi connectivity index (χ2v) is 7.26. The highest BCUT2D eigenvalue weighted by molar-refractivity contribution is 5.48. The van der Waals surface area contributed by atoms with Crippen molar-refractivity contribution in [3.8, 4) is 6.07 Å². The largest absolute Gasteiger partial charge is 0.369 e. The van der Waals surface area contributed by atoms with E-state index in [0.29, 0.717) is 23.4 Å². The Labute approximate surface area is 141 Å². The zero-order valence-electron chi connectivity index (χ0n) is 14.1. The van der Waals surface area contributed by atoms with Crippen LogP contribution < -0.4 is 4.90 Å². The van der Waals surface area contributed by atoms with Gasteiger partial charge in [0.05, 0.1) is 11.9 Å². The summed E-state index contributed by atoms with van der Waals surface area (Å²) in [5.74, 6) is 4.09. The average Bonchev–Trinajstić information content (AvgIpc) is 3.15. The molecule has 4 rings (SSSR count). The Bertz CT molecular complexity index is 753. The predicted molar refractivity (Wildman–Crippen MR) is 90.6 cm³/mol. The molecule has 2 aliphatic rings. The summed E-state index contributed by atoms with van der Waals surface area (Å²) < 4.78 is 0. The van der Waals surface area contributed by atoms with E-state index in [1.54, 1.807) is 6.07 Å². The lowest BCUT2D eigenvalue weighted by molar-refractivity contribution is 0.444. The maximum atomic E-state index is 8.91. The van der Waals surface area contributed by atoms with Gasteiger partial charge in [-0.05, 0) is 36.8 Å². The minimum atomic E-state index is 0.342. The zero-order valence-corrected chi connectivity index (χ0v) is 14.1. The summed E-state index contributed by atoms with van der Waals surface area (Å²) in [6, 6.07) is 5.87. The van der Waals surface area contributed by atoms with Crippen LogP contribution in [0.3, 0.4) is 0 Å². The molecule has 2 aromatic heterocycles. The molecule has 1 saturated heterocycles. The number of aromatic amines is 1. The van der Waals surface area contributed by atoms with Gasteiger partial charge in [-0.1, -0.05) is 13.8 Å². The van der Waals surface area contributed by atoms with E-state index in [0.717, 1.165) is 36.3 Å². The van der Waals surface area contributed by atoms with Gasteiger partial charge in [-0.15, -0.1) is 0 Å². The smallest absolute Gasteiger partial charge is 0.153 e. The first kappa shape index (κ1) is 15.1. The lowest BCUT2D eigenvalue weighted by atomic mass is 9.91. The second-order valence-electron chi connectivity index (χ2n) is 7.26. The van der Waals surface area contributed by atoms with Gasteiger partial charge in [0.1, 0.15) is 17.6 Å². The van der Waals surface area contributed by atoms with E-state index in [4.69, 9.17) is 10.2 Å². The standard InChI is InChI=1S/C18H22N6/c1-11(2)17-21-18(23-22-17)16-10-24(9-15(16)12-3-4-12)14-6-5-13(7-19)20-8-14/h5-6,8,11-12,15-16H,3-4,9-10H2,1-2H3,(H,21,22,23)/t15-,16+/m1/s1. The second kappa shape index (κ2) is 5.90. The molecule has 6 nitrogen and oxygen atoms in total. The van der Waals surface area contributed by atoms with Gasteiger partial charge < -0.3 is 4.90 Å². The Kier molecular flexibility index (Phi) is 3.72. The molecule has 1 N–H and O–H groups in total. The van der Waals surface area contributed by atoms with Crippen molar-refractivity contribution in [2.45, 2.75) is 38.5 Å². The number of H-pyrrole nitrogens is 1. The van der Waals surface area contributed by atoms with Crippen LogP contribution in [0.1, 0.15) is 55.9 Å². The van der Waals surface area contributed by atoms with E-state index in [-0.39, 0.29) is 0 Å². The summed E-state index contributed by atoms with van der Waals surface area (Å²) in [6.07, 6.45) is 4.46. The Morgan fingerprint density at radius 1 is 1.29 bits per heavy atom. The number of nitriles is 1. The molecule has 0 radical (unpaired) electrons. The van der Waals surface area contributed by atoms with Crippen molar-refractivity contribution < 1.29 is 0 Å². The van der Waals surface area contributed by atoms with E-state index < -0.39 is 0 Å². The van der Waals surface area contributed by atoms with Crippen molar-refractivity contribution >= 4 is 5.69 Å². The molecule has 1 aliphatic carbocycles. The number of pyridine rings is 1. The fraction of sp³-hybridized carbons (Fsp3) is 0.556. The van der Waals surface area contributed by atoms with Crippen molar-refractivity contribution in [2.24, 2.45) is 11.8 Å². The number of rotatable bonds is 4. The Morgan fingerprint density at radius 3 is 2.71 bits per heavy atom. The van der Waals surface area contributed by atoms with Crippen molar-refractivity contribution in [1.29, 1.82) is 5.26 Å². The minimum absolute atomic E-state index is 0.342.